The Morgan fingerprint density at radius 2 is 1.56 bits per heavy atom. The van der Waals surface area contributed by atoms with Crippen LogP contribution in [0.5, 0.6) is 0 Å². The average molecular weight is 460 g/mol. The molecule has 0 bridgehead atoms. The van der Waals surface area contributed by atoms with E-state index in [0.29, 0.717) is 18.8 Å². The van der Waals surface area contributed by atoms with E-state index in [2.05, 4.69) is 10.6 Å². The van der Waals surface area contributed by atoms with Gasteiger partial charge in [0.1, 0.15) is 6.04 Å². The number of amides is 2. The summed E-state index contributed by atoms with van der Waals surface area (Å²) in [6, 6.07) is 10.8. The molecule has 0 radical (unpaired) electrons. The maximum Gasteiger partial charge on any atom is 0.251 e. The van der Waals surface area contributed by atoms with Crippen LogP contribution in [0.3, 0.4) is 0 Å². The molecule has 174 valence electrons. The molecule has 0 aliphatic carbocycles. The van der Waals surface area contributed by atoms with Gasteiger partial charge in [-0.2, -0.15) is 4.31 Å². The Balaban J connectivity index is 2.24. The quantitative estimate of drug-likeness (QED) is 0.597. The summed E-state index contributed by atoms with van der Waals surface area (Å²) in [6.07, 6.45) is 0. The number of aryl methyl sites for hydroxylation is 2. The number of rotatable bonds is 9. The molecule has 32 heavy (non-hydrogen) atoms. The van der Waals surface area contributed by atoms with Gasteiger partial charge in [-0.3, -0.25) is 9.59 Å². The standard InChI is InChI=1S/C24H33N3O4S/c1-7-27(8-2)32(30,31)21-11-9-10-19(15-21)23(28)26-22(16(3)4)24(29)25-20-13-17(5)12-18(6)14-20/h9-16,22H,7-8H2,1-6H3,(H,25,29)(H,26,28)/t22-/m0/s1. The number of nitrogens with zero attached hydrogens (tertiary/aromatic N) is 1. The lowest BCUT2D eigenvalue weighted by molar-refractivity contribution is -0.118. The summed E-state index contributed by atoms with van der Waals surface area (Å²) in [7, 11) is -3.69. The van der Waals surface area contributed by atoms with Crippen LogP contribution < -0.4 is 10.6 Å². The van der Waals surface area contributed by atoms with E-state index < -0.39 is 22.0 Å². The first-order chi connectivity index (χ1) is 15.0. The predicted molar refractivity (Wildman–Crippen MR) is 127 cm³/mol. The molecule has 0 saturated heterocycles. The molecule has 2 rings (SSSR count). The minimum atomic E-state index is -3.69. The molecule has 0 saturated carbocycles. The maximum atomic E-state index is 12.9. The highest BCUT2D eigenvalue weighted by atomic mass is 32.2. The number of anilines is 1. The second-order valence-electron chi connectivity index (χ2n) is 8.18. The van der Waals surface area contributed by atoms with Gasteiger partial charge in [0.05, 0.1) is 4.90 Å². The van der Waals surface area contributed by atoms with E-state index in [1.54, 1.807) is 13.8 Å². The fraction of sp³-hybridized carbons (Fsp3) is 0.417. The molecule has 1 atom stereocenters. The van der Waals surface area contributed by atoms with Crippen LogP contribution in [-0.4, -0.2) is 43.7 Å². The van der Waals surface area contributed by atoms with Gasteiger partial charge < -0.3 is 10.6 Å². The van der Waals surface area contributed by atoms with Crippen molar-refractivity contribution in [3.8, 4) is 0 Å². The number of sulfonamides is 1. The van der Waals surface area contributed by atoms with Crippen molar-refractivity contribution in [3.63, 3.8) is 0 Å². The van der Waals surface area contributed by atoms with Crippen LogP contribution in [0.2, 0.25) is 0 Å². The van der Waals surface area contributed by atoms with Crippen LogP contribution in [0.15, 0.2) is 47.4 Å². The lowest BCUT2D eigenvalue weighted by atomic mass is 10.0. The zero-order valence-electron chi connectivity index (χ0n) is 19.6. The largest absolute Gasteiger partial charge is 0.340 e. The second kappa shape index (κ2) is 10.7. The Hall–Kier alpha value is -2.71. The van der Waals surface area contributed by atoms with Gasteiger partial charge in [0.25, 0.3) is 5.91 Å². The van der Waals surface area contributed by atoms with Gasteiger partial charge in [0.2, 0.25) is 15.9 Å². The van der Waals surface area contributed by atoms with Crippen molar-refractivity contribution in [3.05, 3.63) is 59.2 Å². The third kappa shape index (κ3) is 6.17. The van der Waals surface area contributed by atoms with E-state index in [9.17, 15) is 18.0 Å². The zero-order valence-corrected chi connectivity index (χ0v) is 20.4. The van der Waals surface area contributed by atoms with Crippen molar-refractivity contribution in [2.24, 2.45) is 5.92 Å². The Bertz CT molecular complexity index is 1060. The summed E-state index contributed by atoms with van der Waals surface area (Å²) in [4.78, 5) is 25.9. The Labute approximate surface area is 191 Å². The molecule has 0 unspecified atom stereocenters. The lowest BCUT2D eigenvalue weighted by Crippen LogP contribution is -2.47. The summed E-state index contributed by atoms with van der Waals surface area (Å²) in [5.74, 6) is -1.01. The predicted octanol–water partition coefficient (Wildman–Crippen LogP) is 3.73. The van der Waals surface area contributed by atoms with Crippen molar-refractivity contribution in [2.75, 3.05) is 18.4 Å². The molecule has 0 aromatic heterocycles. The van der Waals surface area contributed by atoms with Gasteiger partial charge >= 0.3 is 0 Å². The first kappa shape index (κ1) is 25.5. The highest BCUT2D eigenvalue weighted by Gasteiger charge is 2.26. The van der Waals surface area contributed by atoms with E-state index in [0.717, 1.165) is 11.1 Å². The monoisotopic (exact) mass is 459 g/mol. The van der Waals surface area contributed by atoms with Gasteiger partial charge in [0.15, 0.2) is 0 Å². The van der Waals surface area contributed by atoms with Gasteiger partial charge in [-0.1, -0.05) is 39.8 Å². The zero-order chi connectivity index (χ0) is 24.1. The third-order valence-corrected chi connectivity index (χ3v) is 7.21. The number of benzene rings is 2. The van der Waals surface area contributed by atoms with Crippen LogP contribution in [0, 0.1) is 19.8 Å². The summed E-state index contributed by atoms with van der Waals surface area (Å²) >= 11 is 0. The van der Waals surface area contributed by atoms with Crippen LogP contribution in [0.25, 0.3) is 0 Å². The van der Waals surface area contributed by atoms with Crippen molar-refractivity contribution >= 4 is 27.5 Å². The SMILES string of the molecule is CCN(CC)S(=O)(=O)c1cccc(C(=O)N[C@H](C(=O)Nc2cc(C)cc(C)c2)C(C)C)c1. The molecule has 7 nitrogen and oxygen atoms in total. The van der Waals surface area contributed by atoms with Crippen LogP contribution in [0.1, 0.15) is 49.2 Å². The molecular formula is C24H33N3O4S. The minimum absolute atomic E-state index is 0.0506. The smallest absolute Gasteiger partial charge is 0.251 e. The summed E-state index contributed by atoms with van der Waals surface area (Å²) in [5.41, 5.74) is 2.90. The van der Waals surface area contributed by atoms with Gasteiger partial charge in [-0.05, 0) is 61.2 Å². The van der Waals surface area contributed by atoms with E-state index >= 15 is 0 Å². The summed E-state index contributed by atoms with van der Waals surface area (Å²) in [5, 5.41) is 5.63. The van der Waals surface area contributed by atoms with Crippen molar-refractivity contribution < 1.29 is 18.0 Å². The molecule has 2 aromatic carbocycles. The highest BCUT2D eigenvalue weighted by molar-refractivity contribution is 7.89. The van der Waals surface area contributed by atoms with E-state index in [1.165, 1.54) is 28.6 Å². The van der Waals surface area contributed by atoms with E-state index in [-0.39, 0.29) is 22.3 Å². The Morgan fingerprint density at radius 3 is 2.09 bits per heavy atom. The number of hydrogen-bond acceptors (Lipinski definition) is 4. The van der Waals surface area contributed by atoms with Crippen molar-refractivity contribution in [2.45, 2.75) is 52.5 Å². The molecule has 0 aliphatic rings. The molecule has 8 heteroatoms. The maximum absolute atomic E-state index is 12.9. The van der Waals surface area contributed by atoms with Crippen LogP contribution in [0.4, 0.5) is 5.69 Å². The molecule has 2 aromatic rings. The van der Waals surface area contributed by atoms with Gasteiger partial charge in [-0.15, -0.1) is 0 Å². The van der Waals surface area contributed by atoms with Crippen molar-refractivity contribution in [1.29, 1.82) is 0 Å². The summed E-state index contributed by atoms with van der Waals surface area (Å²) < 4.78 is 26.9. The first-order valence-electron chi connectivity index (χ1n) is 10.8. The molecular weight excluding hydrogens is 426 g/mol. The van der Waals surface area contributed by atoms with E-state index in [4.69, 9.17) is 0 Å². The highest BCUT2D eigenvalue weighted by Crippen LogP contribution is 2.18. The van der Waals surface area contributed by atoms with Crippen LogP contribution in [-0.2, 0) is 14.8 Å². The fourth-order valence-corrected chi connectivity index (χ4v) is 5.04. The van der Waals surface area contributed by atoms with Gasteiger partial charge in [0, 0.05) is 24.3 Å². The number of carbonyl (C=O) groups is 2. The van der Waals surface area contributed by atoms with Crippen molar-refractivity contribution in [1.82, 2.24) is 9.62 Å². The number of carbonyl (C=O) groups excluding carboxylic acids is 2. The first-order valence-corrected chi connectivity index (χ1v) is 12.2. The molecule has 0 fully saturated rings. The molecule has 0 heterocycles. The topological polar surface area (TPSA) is 95.6 Å². The van der Waals surface area contributed by atoms with Gasteiger partial charge in [-0.25, -0.2) is 8.42 Å². The van der Waals surface area contributed by atoms with Crippen LogP contribution >= 0.6 is 0 Å². The minimum Gasteiger partial charge on any atom is -0.340 e. The molecule has 0 spiro atoms. The Kier molecular flexibility index (Phi) is 8.58. The fourth-order valence-electron chi connectivity index (χ4n) is 3.54. The molecule has 2 N–H and O–H groups in total. The molecule has 2 amide bonds. The number of nitrogens with one attached hydrogen (secondary N) is 2. The summed E-state index contributed by atoms with van der Waals surface area (Å²) in [6.45, 7) is 11.8. The Morgan fingerprint density at radius 1 is 0.969 bits per heavy atom. The average Bonchev–Trinajstić information content (AvgIpc) is 2.71. The lowest BCUT2D eigenvalue weighted by Gasteiger charge is -2.22. The number of hydrogen-bond donors (Lipinski definition) is 2. The normalized spacial score (nSPS) is 12.6. The second-order valence-corrected chi connectivity index (χ2v) is 10.1. The molecule has 0 aliphatic heterocycles. The third-order valence-electron chi connectivity index (χ3n) is 5.16. The van der Waals surface area contributed by atoms with E-state index in [1.807, 2.05) is 45.9 Å².